The van der Waals surface area contributed by atoms with E-state index in [1.165, 1.54) is 5.69 Å². The Hall–Kier alpha value is -1.38. The van der Waals surface area contributed by atoms with E-state index in [2.05, 4.69) is 16.7 Å². The molecule has 2 nitrogen and oxygen atoms in total. The fourth-order valence-electron chi connectivity index (χ4n) is 1.17. The first-order chi connectivity index (χ1) is 5.97. The minimum atomic E-state index is 0. The predicted octanol–water partition coefficient (Wildman–Crippen LogP) is -1.86. The Bertz CT molecular complexity index is 313. The normalized spacial score (nSPS) is 8.29. The van der Waals surface area contributed by atoms with Crippen molar-refractivity contribution in [2.75, 3.05) is 0 Å². The first kappa shape index (κ1) is 12.6. The van der Waals surface area contributed by atoms with E-state index in [9.17, 15) is 0 Å². The van der Waals surface area contributed by atoms with Crippen molar-refractivity contribution in [3.05, 3.63) is 60.9 Å². The van der Waals surface area contributed by atoms with Crippen LogP contribution in [0.5, 0.6) is 0 Å². The summed E-state index contributed by atoms with van der Waals surface area (Å²) in [6.45, 7) is 0. The van der Waals surface area contributed by atoms with Crippen LogP contribution in [0.3, 0.4) is 0 Å². The molecule has 1 aromatic carbocycles. The first-order valence-electron chi connectivity index (χ1n) is 3.98. The van der Waals surface area contributed by atoms with Crippen LogP contribution >= 0.6 is 0 Å². The lowest BCUT2D eigenvalue weighted by atomic mass is 10.3. The van der Waals surface area contributed by atoms with Crippen LogP contribution in [-0.2, 0) is 0 Å². The fraction of sp³-hybridized carbons (Fsp3) is 0. The quantitative estimate of drug-likeness (QED) is 0.494. The molecule has 1 aromatic heterocycles. The molecule has 0 aliphatic heterocycles. The predicted molar refractivity (Wildman–Crippen MR) is 51.6 cm³/mol. The highest BCUT2D eigenvalue weighted by Gasteiger charge is 1.99. The van der Waals surface area contributed by atoms with E-state index in [1.807, 2.05) is 48.8 Å². The van der Waals surface area contributed by atoms with Crippen molar-refractivity contribution in [3.63, 3.8) is 0 Å². The van der Waals surface area contributed by atoms with Crippen molar-refractivity contribution in [2.45, 2.75) is 0 Å². The summed E-state index contributed by atoms with van der Waals surface area (Å²) >= 11 is 0. The highest BCUT2D eigenvalue weighted by atomic mass is 35.5. The molecule has 0 aliphatic rings. The summed E-state index contributed by atoms with van der Waals surface area (Å²) in [5.74, 6) is 0. The van der Waals surface area contributed by atoms with Crippen molar-refractivity contribution >= 4 is 0 Å². The minimum Gasteiger partial charge on any atom is -1.00 e. The molecule has 14 heavy (non-hydrogen) atoms. The highest BCUT2D eigenvalue weighted by Crippen LogP contribution is 1.96. The zero-order valence-electron chi connectivity index (χ0n) is 7.60. The van der Waals surface area contributed by atoms with Gasteiger partial charge in [-0.3, -0.25) is 0 Å². The minimum absolute atomic E-state index is 0. The van der Waals surface area contributed by atoms with Crippen LogP contribution in [0.15, 0.2) is 60.9 Å². The van der Waals surface area contributed by atoms with Crippen LogP contribution in [0, 0.1) is 0 Å². The average Bonchev–Trinajstić information content (AvgIpc) is 2.21. The molecule has 0 amide bonds. The molecule has 2 aromatic rings. The highest BCUT2D eigenvalue weighted by molar-refractivity contribution is 5.21. The van der Waals surface area contributed by atoms with E-state index in [0.717, 1.165) is 0 Å². The molecule has 0 saturated carbocycles. The van der Waals surface area contributed by atoms with Crippen LogP contribution in [0.2, 0.25) is 0 Å². The van der Waals surface area contributed by atoms with Crippen molar-refractivity contribution in [1.29, 1.82) is 0 Å². The first-order valence-corrected chi connectivity index (χ1v) is 3.98. The van der Waals surface area contributed by atoms with Gasteiger partial charge in [-0.1, -0.05) is 24.3 Å². The van der Waals surface area contributed by atoms with Gasteiger partial charge in [0.2, 0.25) is 5.69 Å². The van der Waals surface area contributed by atoms with Gasteiger partial charge in [0.25, 0.3) is 0 Å². The van der Waals surface area contributed by atoms with Crippen molar-refractivity contribution < 1.29 is 22.5 Å². The second-order valence-electron chi connectivity index (χ2n) is 2.62. The van der Waals surface area contributed by atoms with E-state index < -0.39 is 0 Å². The van der Waals surface area contributed by atoms with E-state index in [0.29, 0.717) is 0 Å². The molecule has 0 unspecified atom stereocenters. The van der Waals surface area contributed by atoms with Crippen LogP contribution in [-0.4, -0.2) is 5.48 Å². The molecular weight excluding hydrogens is 198 g/mol. The van der Waals surface area contributed by atoms with E-state index >= 15 is 0 Å². The number of pyridine rings is 1. The Morgan fingerprint density at radius 1 is 0.714 bits per heavy atom. The number of benzene rings is 1. The lowest BCUT2D eigenvalue weighted by Crippen LogP contribution is -3.00. The lowest BCUT2D eigenvalue weighted by molar-refractivity contribution is -0.595. The third kappa shape index (κ3) is 2.83. The van der Waals surface area contributed by atoms with Gasteiger partial charge < -0.3 is 17.9 Å². The maximum atomic E-state index is 2.08. The molecule has 1 heterocycles. The number of rotatable bonds is 1. The van der Waals surface area contributed by atoms with Gasteiger partial charge in [-0.2, -0.15) is 4.57 Å². The standard InChI is InChI=1S/C11H10N.ClH.H2O/c1-3-7-11(8-4-1)12-9-5-2-6-10-12;;/h1-10H;1H;1H2/q+1;;/p-1. The zero-order valence-corrected chi connectivity index (χ0v) is 8.35. The largest absolute Gasteiger partial charge is 1.00 e. The zero-order chi connectivity index (χ0) is 8.23. The number of para-hydroxylation sites is 1. The Balaban J connectivity index is 0.000000845. The average molecular weight is 210 g/mol. The Morgan fingerprint density at radius 3 is 1.79 bits per heavy atom. The maximum Gasteiger partial charge on any atom is 0.210 e. The number of aromatic nitrogens is 1. The smallest absolute Gasteiger partial charge is 0.210 e. The summed E-state index contributed by atoms with van der Waals surface area (Å²) in [7, 11) is 0. The number of halogens is 1. The van der Waals surface area contributed by atoms with Gasteiger partial charge in [0.1, 0.15) is 0 Å². The molecule has 2 N–H and O–H groups in total. The molecule has 0 fully saturated rings. The molecule has 0 aliphatic carbocycles. The van der Waals surface area contributed by atoms with Gasteiger partial charge in [-0.15, -0.1) is 0 Å². The Morgan fingerprint density at radius 2 is 1.21 bits per heavy atom. The topological polar surface area (TPSA) is 35.4 Å². The molecular formula is C11H12ClNO. The van der Waals surface area contributed by atoms with E-state index in [4.69, 9.17) is 0 Å². The molecule has 0 bridgehead atoms. The van der Waals surface area contributed by atoms with Gasteiger partial charge in [-0.25, -0.2) is 0 Å². The third-order valence-corrected chi connectivity index (χ3v) is 1.77. The Labute approximate surface area is 89.6 Å². The summed E-state index contributed by atoms with van der Waals surface area (Å²) in [4.78, 5) is 0. The monoisotopic (exact) mass is 209 g/mol. The summed E-state index contributed by atoms with van der Waals surface area (Å²) < 4.78 is 2.08. The second-order valence-corrected chi connectivity index (χ2v) is 2.62. The SMILES string of the molecule is O.[Cl-].c1ccc(-[n+]2ccccc2)cc1. The van der Waals surface area contributed by atoms with Crippen LogP contribution in [0.25, 0.3) is 5.69 Å². The third-order valence-electron chi connectivity index (χ3n) is 1.77. The molecule has 74 valence electrons. The number of hydrogen-bond donors (Lipinski definition) is 0. The maximum absolute atomic E-state index is 2.08. The van der Waals surface area contributed by atoms with Crippen LogP contribution < -0.4 is 17.0 Å². The summed E-state index contributed by atoms with van der Waals surface area (Å²) in [5.41, 5.74) is 1.19. The lowest BCUT2D eigenvalue weighted by Gasteiger charge is -1.92. The molecule has 0 spiro atoms. The molecule has 2 rings (SSSR count). The van der Waals surface area contributed by atoms with Crippen LogP contribution in [0.4, 0.5) is 0 Å². The molecule has 3 heteroatoms. The summed E-state index contributed by atoms with van der Waals surface area (Å²) in [5, 5.41) is 0. The second kappa shape index (κ2) is 6.13. The van der Waals surface area contributed by atoms with E-state index in [1.54, 1.807) is 0 Å². The number of nitrogens with zero attached hydrogens (tertiary/aromatic N) is 1. The van der Waals surface area contributed by atoms with Crippen molar-refractivity contribution in [1.82, 2.24) is 0 Å². The summed E-state index contributed by atoms with van der Waals surface area (Å²) in [6, 6.07) is 16.3. The molecule has 0 atom stereocenters. The van der Waals surface area contributed by atoms with E-state index in [-0.39, 0.29) is 17.9 Å². The molecule has 0 radical (unpaired) electrons. The van der Waals surface area contributed by atoms with Gasteiger partial charge in [0.15, 0.2) is 12.4 Å². The fourth-order valence-corrected chi connectivity index (χ4v) is 1.17. The molecule has 0 saturated heterocycles. The Kier molecular flexibility index (Phi) is 5.53. The van der Waals surface area contributed by atoms with Gasteiger partial charge in [0.05, 0.1) is 0 Å². The van der Waals surface area contributed by atoms with Crippen molar-refractivity contribution in [3.8, 4) is 5.69 Å². The van der Waals surface area contributed by atoms with Gasteiger partial charge in [0, 0.05) is 24.3 Å². The number of hydrogen-bond acceptors (Lipinski definition) is 0. The van der Waals surface area contributed by atoms with Crippen LogP contribution in [0.1, 0.15) is 0 Å². The van der Waals surface area contributed by atoms with Crippen molar-refractivity contribution in [2.24, 2.45) is 0 Å². The van der Waals surface area contributed by atoms with Gasteiger partial charge >= 0.3 is 0 Å². The summed E-state index contributed by atoms with van der Waals surface area (Å²) in [6.07, 6.45) is 4.07. The van der Waals surface area contributed by atoms with Gasteiger partial charge in [-0.05, 0) is 0 Å².